The summed E-state index contributed by atoms with van der Waals surface area (Å²) in [4.78, 5) is 0. The molecule has 0 saturated heterocycles. The van der Waals surface area contributed by atoms with Gasteiger partial charge in [-0.1, -0.05) is 31.9 Å². The molecule has 0 spiro atoms. The normalized spacial score (nSPS) is 10.6. The van der Waals surface area contributed by atoms with Crippen molar-refractivity contribution < 1.29 is 14.2 Å². The third kappa shape index (κ3) is 16.2. The molecule has 0 saturated carbocycles. The Kier molecular flexibility index (Phi) is 18.5. The number of nitrogens with zero attached hydrogens (tertiary/aromatic N) is 3. The number of methoxy groups -OCH3 is 1. The van der Waals surface area contributed by atoms with Gasteiger partial charge in [-0.25, -0.2) is 4.68 Å². The molecule has 1 aromatic heterocycles. The number of ether oxygens (including phenoxy) is 3. The lowest BCUT2D eigenvalue weighted by Crippen LogP contribution is -2.21. The topological polar surface area (TPSA) is 70.4 Å². The van der Waals surface area contributed by atoms with E-state index in [9.17, 15) is 0 Å². The van der Waals surface area contributed by atoms with Gasteiger partial charge in [-0.3, -0.25) is 0 Å². The second kappa shape index (κ2) is 19.3. The highest BCUT2D eigenvalue weighted by Crippen LogP contribution is 1.98. The minimum Gasteiger partial charge on any atom is -0.385 e. The van der Waals surface area contributed by atoms with Gasteiger partial charge in [0.05, 0.1) is 38.7 Å². The zero-order valence-electron chi connectivity index (χ0n) is 16.6. The molecule has 0 aliphatic heterocycles. The molecule has 0 unspecified atom stereocenters. The van der Waals surface area contributed by atoms with Crippen LogP contribution in [0.3, 0.4) is 0 Å². The van der Waals surface area contributed by atoms with Gasteiger partial charge in [-0.05, 0) is 26.3 Å². The van der Waals surface area contributed by atoms with Crippen LogP contribution in [-0.2, 0) is 20.8 Å². The molecule has 1 rings (SSSR count). The van der Waals surface area contributed by atoms with Crippen LogP contribution in [0.4, 0.5) is 0 Å². The number of aromatic nitrogens is 3. The second-order valence-corrected chi connectivity index (χ2v) is 5.50. The van der Waals surface area contributed by atoms with E-state index in [1.54, 1.807) is 11.8 Å². The number of rotatable bonds is 16. The fourth-order valence-corrected chi connectivity index (χ4v) is 2.10. The summed E-state index contributed by atoms with van der Waals surface area (Å²) in [6.07, 6.45) is 6.79. The maximum Gasteiger partial charge on any atom is 0.0796 e. The van der Waals surface area contributed by atoms with Crippen molar-refractivity contribution in [2.24, 2.45) is 0 Å². The fraction of sp³-hybridized carbons (Fsp3) is 0.889. The van der Waals surface area contributed by atoms with Crippen LogP contribution < -0.4 is 5.32 Å². The number of aryl methyl sites for hydroxylation is 1. The van der Waals surface area contributed by atoms with Gasteiger partial charge >= 0.3 is 0 Å². The molecule has 0 amide bonds. The van der Waals surface area contributed by atoms with Crippen molar-refractivity contribution in [1.29, 1.82) is 0 Å². The Labute approximate surface area is 153 Å². The van der Waals surface area contributed by atoms with E-state index in [2.05, 4.69) is 15.6 Å². The Morgan fingerprint density at radius 2 is 1.64 bits per heavy atom. The summed E-state index contributed by atoms with van der Waals surface area (Å²) >= 11 is 0. The van der Waals surface area contributed by atoms with Crippen molar-refractivity contribution in [1.82, 2.24) is 20.3 Å². The highest BCUT2D eigenvalue weighted by Gasteiger charge is 1.96. The van der Waals surface area contributed by atoms with Crippen molar-refractivity contribution in [2.45, 2.75) is 53.0 Å². The molecule has 0 fully saturated rings. The van der Waals surface area contributed by atoms with Gasteiger partial charge in [-0.2, -0.15) is 0 Å². The zero-order chi connectivity index (χ0) is 18.6. The van der Waals surface area contributed by atoms with E-state index < -0.39 is 0 Å². The SMILES string of the molecule is CC.COCCCCCCNCCOCCOCCn1cc(C)nn1. The smallest absolute Gasteiger partial charge is 0.0796 e. The second-order valence-electron chi connectivity index (χ2n) is 5.50. The van der Waals surface area contributed by atoms with Crippen LogP contribution in [0, 0.1) is 6.92 Å². The molecule has 1 heterocycles. The lowest BCUT2D eigenvalue weighted by molar-refractivity contribution is 0.0449. The fourth-order valence-electron chi connectivity index (χ4n) is 2.10. The molecule has 0 atom stereocenters. The van der Waals surface area contributed by atoms with Crippen LogP contribution in [0.15, 0.2) is 6.20 Å². The quantitative estimate of drug-likeness (QED) is 0.458. The summed E-state index contributed by atoms with van der Waals surface area (Å²) in [6.45, 7) is 12.1. The summed E-state index contributed by atoms with van der Waals surface area (Å²) in [5.41, 5.74) is 0.927. The van der Waals surface area contributed by atoms with E-state index in [4.69, 9.17) is 14.2 Å². The van der Waals surface area contributed by atoms with Crippen LogP contribution in [-0.4, -0.2) is 68.2 Å². The monoisotopic (exact) mass is 358 g/mol. The number of unbranched alkanes of at least 4 members (excludes halogenated alkanes) is 3. The lowest BCUT2D eigenvalue weighted by Gasteiger charge is -2.07. The Bertz CT molecular complexity index is 375. The first-order chi connectivity index (χ1) is 12.3. The Hall–Kier alpha value is -1.02. The molecule has 148 valence electrons. The Morgan fingerprint density at radius 3 is 2.32 bits per heavy atom. The van der Waals surface area contributed by atoms with Gasteiger partial charge in [0.1, 0.15) is 0 Å². The maximum absolute atomic E-state index is 5.51. The minimum atomic E-state index is 0.618. The molecule has 25 heavy (non-hydrogen) atoms. The molecule has 7 heteroatoms. The predicted molar refractivity (Wildman–Crippen MR) is 101 cm³/mol. The predicted octanol–water partition coefficient (Wildman–Crippen LogP) is 2.44. The molecule has 0 radical (unpaired) electrons. The lowest BCUT2D eigenvalue weighted by atomic mass is 10.2. The van der Waals surface area contributed by atoms with Gasteiger partial charge in [-0.15, -0.1) is 5.10 Å². The Morgan fingerprint density at radius 1 is 0.920 bits per heavy atom. The molecule has 0 bridgehead atoms. The summed E-state index contributed by atoms with van der Waals surface area (Å²) in [6, 6.07) is 0. The highest BCUT2D eigenvalue weighted by atomic mass is 16.5. The third-order valence-corrected chi connectivity index (χ3v) is 3.37. The molecule has 0 aliphatic carbocycles. The zero-order valence-corrected chi connectivity index (χ0v) is 16.6. The average molecular weight is 359 g/mol. The first-order valence-corrected chi connectivity index (χ1v) is 9.55. The van der Waals surface area contributed by atoms with Gasteiger partial charge in [0.15, 0.2) is 0 Å². The van der Waals surface area contributed by atoms with E-state index in [0.29, 0.717) is 19.8 Å². The summed E-state index contributed by atoms with van der Waals surface area (Å²) < 4.78 is 17.8. The van der Waals surface area contributed by atoms with E-state index in [1.165, 1.54) is 19.3 Å². The average Bonchev–Trinajstić information content (AvgIpc) is 3.05. The van der Waals surface area contributed by atoms with Crippen molar-refractivity contribution in [3.8, 4) is 0 Å². The van der Waals surface area contributed by atoms with Crippen LogP contribution in [0.25, 0.3) is 0 Å². The van der Waals surface area contributed by atoms with E-state index >= 15 is 0 Å². The standard InChI is InChI=1S/C16H32N4O3.C2H6/c1-16-15-20(19-18-16)9-12-23-14-13-22-11-8-17-7-5-3-4-6-10-21-2;1-2/h15,17H,3-14H2,1-2H3;1-2H3. The van der Waals surface area contributed by atoms with Crippen molar-refractivity contribution in [3.05, 3.63) is 11.9 Å². The van der Waals surface area contributed by atoms with Gasteiger partial charge in [0.25, 0.3) is 0 Å². The third-order valence-electron chi connectivity index (χ3n) is 3.37. The first-order valence-electron chi connectivity index (χ1n) is 9.55. The van der Waals surface area contributed by atoms with Gasteiger partial charge < -0.3 is 19.5 Å². The van der Waals surface area contributed by atoms with Gasteiger partial charge in [0.2, 0.25) is 0 Å². The number of hydrogen-bond donors (Lipinski definition) is 1. The maximum atomic E-state index is 5.51. The number of hydrogen-bond acceptors (Lipinski definition) is 6. The summed E-state index contributed by atoms with van der Waals surface area (Å²) in [5, 5.41) is 11.3. The van der Waals surface area contributed by atoms with Crippen LogP contribution >= 0.6 is 0 Å². The van der Waals surface area contributed by atoms with Crippen molar-refractivity contribution >= 4 is 0 Å². The van der Waals surface area contributed by atoms with Crippen LogP contribution in [0.2, 0.25) is 0 Å². The van der Waals surface area contributed by atoms with Crippen molar-refractivity contribution in [2.75, 3.05) is 53.2 Å². The van der Waals surface area contributed by atoms with E-state index in [-0.39, 0.29) is 0 Å². The van der Waals surface area contributed by atoms with E-state index in [0.717, 1.165) is 45.0 Å². The molecular weight excluding hydrogens is 320 g/mol. The highest BCUT2D eigenvalue weighted by molar-refractivity contribution is 4.86. The summed E-state index contributed by atoms with van der Waals surface area (Å²) in [7, 11) is 1.75. The Balaban J connectivity index is 0.00000277. The molecule has 1 N–H and O–H groups in total. The number of nitrogens with one attached hydrogen (secondary N) is 1. The van der Waals surface area contributed by atoms with Crippen LogP contribution in [0.1, 0.15) is 45.2 Å². The van der Waals surface area contributed by atoms with Crippen LogP contribution in [0.5, 0.6) is 0 Å². The minimum absolute atomic E-state index is 0.618. The molecular formula is C18H38N4O3. The summed E-state index contributed by atoms with van der Waals surface area (Å²) in [5.74, 6) is 0. The van der Waals surface area contributed by atoms with Gasteiger partial charge in [0, 0.05) is 26.5 Å². The molecule has 1 aromatic rings. The van der Waals surface area contributed by atoms with Crippen molar-refractivity contribution in [3.63, 3.8) is 0 Å². The molecule has 0 aromatic carbocycles. The first kappa shape index (κ1) is 24.0. The largest absolute Gasteiger partial charge is 0.385 e. The van der Waals surface area contributed by atoms with E-state index in [1.807, 2.05) is 27.0 Å². The molecule has 7 nitrogen and oxygen atoms in total. The molecule has 0 aliphatic rings.